The molecule has 0 unspecified atom stereocenters. The third-order valence-corrected chi connectivity index (χ3v) is 8.08. The minimum absolute atomic E-state index is 0.179. The molecule has 0 spiro atoms. The van der Waals surface area contributed by atoms with Gasteiger partial charge in [0.05, 0.1) is 34.9 Å². The highest BCUT2D eigenvalue weighted by atomic mass is 35.5. The molecular weight excluding hydrogens is 570 g/mol. The molecular formula is C29H22ClN3O5S2. The van der Waals surface area contributed by atoms with Crippen molar-refractivity contribution in [1.29, 1.82) is 0 Å². The molecule has 40 heavy (non-hydrogen) atoms. The highest BCUT2D eigenvalue weighted by Gasteiger charge is 2.42. The van der Waals surface area contributed by atoms with E-state index in [0.717, 1.165) is 17.3 Å². The second-order valence-corrected chi connectivity index (χ2v) is 10.9. The van der Waals surface area contributed by atoms with E-state index in [1.807, 2.05) is 12.1 Å². The Balaban J connectivity index is 1.37. The van der Waals surface area contributed by atoms with Crippen LogP contribution in [0.4, 0.5) is 11.4 Å². The first-order valence-corrected chi connectivity index (χ1v) is 13.9. The molecule has 202 valence electrons. The third kappa shape index (κ3) is 5.38. The number of nitrogens with zero attached hydrogens (tertiary/aromatic N) is 2. The van der Waals surface area contributed by atoms with Crippen LogP contribution >= 0.6 is 35.6 Å². The summed E-state index contributed by atoms with van der Waals surface area (Å²) in [7, 11) is 0. The Hall–Kier alpha value is -3.99. The van der Waals surface area contributed by atoms with Gasteiger partial charge in [-0.15, -0.1) is 0 Å². The number of benzene rings is 3. The molecule has 0 aromatic heterocycles. The summed E-state index contributed by atoms with van der Waals surface area (Å²) in [6.07, 6.45) is 0. The topological polar surface area (TPSA) is 96.0 Å². The minimum atomic E-state index is -0.466. The van der Waals surface area contributed by atoms with Crippen LogP contribution in [0.5, 0.6) is 0 Å². The van der Waals surface area contributed by atoms with Crippen molar-refractivity contribution in [2.75, 3.05) is 23.4 Å². The number of hydrogen-bond acceptors (Lipinski definition) is 7. The van der Waals surface area contributed by atoms with Gasteiger partial charge in [0.15, 0.2) is 0 Å². The molecule has 2 heterocycles. The lowest BCUT2D eigenvalue weighted by atomic mass is 10.1. The van der Waals surface area contributed by atoms with Crippen molar-refractivity contribution in [2.45, 2.75) is 13.5 Å². The standard InChI is InChI=1S/C29H22ClN3O5S2/c1-2-38-28(37)17-11-13-19(14-12-17)31-23(34)16-32-22-10-6-4-8-20(22)24(26(32)35)25-27(36)33(29(39)40-25)15-18-7-3-5-9-21(18)30/h3-14H,2,15-16H2,1H3,(H,31,34)/b25-24+. The largest absolute Gasteiger partial charge is 0.462 e. The van der Waals surface area contributed by atoms with Gasteiger partial charge >= 0.3 is 5.97 Å². The number of carbonyl (C=O) groups is 4. The molecule has 2 aliphatic rings. The Morgan fingerprint density at radius 2 is 1.65 bits per heavy atom. The highest BCUT2D eigenvalue weighted by molar-refractivity contribution is 8.26. The van der Waals surface area contributed by atoms with Gasteiger partial charge in [-0.2, -0.15) is 0 Å². The fraction of sp³-hybridized carbons (Fsp3) is 0.138. The lowest BCUT2D eigenvalue weighted by Crippen LogP contribution is -2.35. The van der Waals surface area contributed by atoms with Crippen LogP contribution in [0, 0.1) is 0 Å². The molecule has 0 atom stereocenters. The zero-order chi connectivity index (χ0) is 28.4. The van der Waals surface area contributed by atoms with Crippen molar-refractivity contribution >= 4 is 80.5 Å². The number of fused-ring (bicyclic) bond motifs is 1. The van der Waals surface area contributed by atoms with E-state index in [1.54, 1.807) is 67.6 Å². The molecule has 0 radical (unpaired) electrons. The van der Waals surface area contributed by atoms with Gasteiger partial charge in [0, 0.05) is 16.3 Å². The van der Waals surface area contributed by atoms with Crippen molar-refractivity contribution in [2.24, 2.45) is 0 Å². The molecule has 11 heteroatoms. The van der Waals surface area contributed by atoms with Crippen LogP contribution in [0.3, 0.4) is 0 Å². The summed E-state index contributed by atoms with van der Waals surface area (Å²) in [6.45, 7) is 1.88. The number of rotatable bonds is 7. The number of carbonyl (C=O) groups excluding carboxylic acids is 4. The molecule has 3 amide bonds. The van der Waals surface area contributed by atoms with Crippen molar-refractivity contribution < 1.29 is 23.9 Å². The van der Waals surface area contributed by atoms with E-state index in [9.17, 15) is 19.2 Å². The number of para-hydroxylation sites is 1. The van der Waals surface area contributed by atoms with Gasteiger partial charge in [0.1, 0.15) is 10.9 Å². The average molecular weight is 592 g/mol. The molecule has 2 aliphatic heterocycles. The van der Waals surface area contributed by atoms with Crippen LogP contribution in [0.15, 0.2) is 77.7 Å². The SMILES string of the molecule is CCOC(=O)c1ccc(NC(=O)CN2C(=O)/C(=C3/SC(=S)N(Cc4ccccc4Cl)C3=O)c3ccccc32)cc1. The molecule has 5 rings (SSSR count). The predicted molar refractivity (Wildman–Crippen MR) is 159 cm³/mol. The maximum Gasteiger partial charge on any atom is 0.338 e. The maximum atomic E-state index is 13.7. The van der Waals surface area contributed by atoms with E-state index < -0.39 is 17.8 Å². The van der Waals surface area contributed by atoms with E-state index >= 15 is 0 Å². The van der Waals surface area contributed by atoms with Crippen LogP contribution in [-0.2, 0) is 25.7 Å². The lowest BCUT2D eigenvalue weighted by molar-refractivity contribution is -0.122. The molecule has 0 saturated carbocycles. The maximum absolute atomic E-state index is 13.7. The summed E-state index contributed by atoms with van der Waals surface area (Å²) in [4.78, 5) is 55.0. The van der Waals surface area contributed by atoms with Gasteiger partial charge in [0.25, 0.3) is 11.8 Å². The first-order valence-electron chi connectivity index (χ1n) is 12.3. The molecule has 3 aromatic carbocycles. The Kier molecular flexibility index (Phi) is 8.02. The molecule has 1 N–H and O–H groups in total. The van der Waals surface area contributed by atoms with Crippen molar-refractivity contribution in [1.82, 2.24) is 4.90 Å². The fourth-order valence-corrected chi connectivity index (χ4v) is 5.91. The summed E-state index contributed by atoms with van der Waals surface area (Å²) < 4.78 is 5.29. The Morgan fingerprint density at radius 1 is 0.950 bits per heavy atom. The Labute approximate surface area is 244 Å². The summed E-state index contributed by atoms with van der Waals surface area (Å²) in [5.74, 6) is -1.75. The van der Waals surface area contributed by atoms with Crippen LogP contribution in [0.1, 0.15) is 28.4 Å². The number of thioether (sulfide) groups is 1. The number of halogens is 1. The summed E-state index contributed by atoms with van der Waals surface area (Å²) in [5.41, 5.74) is 2.84. The predicted octanol–water partition coefficient (Wildman–Crippen LogP) is 5.27. The van der Waals surface area contributed by atoms with Crippen LogP contribution in [0.25, 0.3) is 5.57 Å². The molecule has 0 aliphatic carbocycles. The summed E-state index contributed by atoms with van der Waals surface area (Å²) >= 11 is 12.8. The van der Waals surface area contributed by atoms with Crippen molar-refractivity contribution in [3.8, 4) is 0 Å². The zero-order valence-corrected chi connectivity index (χ0v) is 23.6. The number of nitrogens with one attached hydrogen (secondary N) is 1. The van der Waals surface area contributed by atoms with Crippen LogP contribution in [0.2, 0.25) is 5.02 Å². The number of anilines is 2. The fourth-order valence-electron chi connectivity index (χ4n) is 4.39. The molecule has 3 aromatic rings. The number of hydrogen-bond donors (Lipinski definition) is 1. The second kappa shape index (κ2) is 11.6. The van der Waals surface area contributed by atoms with Gasteiger partial charge in [0.2, 0.25) is 5.91 Å². The number of thiocarbonyl (C=S) groups is 1. The Bertz CT molecular complexity index is 1590. The normalized spacial score (nSPS) is 16.4. The summed E-state index contributed by atoms with van der Waals surface area (Å²) in [6, 6.07) is 20.4. The molecule has 1 saturated heterocycles. The van der Waals surface area contributed by atoms with E-state index in [0.29, 0.717) is 31.8 Å². The number of amides is 3. The third-order valence-electron chi connectivity index (χ3n) is 6.27. The second-order valence-electron chi connectivity index (χ2n) is 8.81. The van der Waals surface area contributed by atoms with Crippen molar-refractivity contribution in [3.05, 3.63) is 99.4 Å². The van der Waals surface area contributed by atoms with E-state index in [2.05, 4.69) is 5.32 Å². The number of esters is 1. The van der Waals surface area contributed by atoms with Crippen LogP contribution in [-0.4, -0.2) is 46.1 Å². The molecule has 8 nitrogen and oxygen atoms in total. The molecule has 0 bridgehead atoms. The quantitative estimate of drug-likeness (QED) is 0.227. The highest BCUT2D eigenvalue weighted by Crippen LogP contribution is 2.45. The average Bonchev–Trinajstić information content (AvgIpc) is 3.37. The van der Waals surface area contributed by atoms with Crippen LogP contribution < -0.4 is 10.2 Å². The lowest BCUT2D eigenvalue weighted by Gasteiger charge is -2.17. The van der Waals surface area contributed by atoms with Gasteiger partial charge in [-0.25, -0.2) is 4.79 Å². The minimum Gasteiger partial charge on any atom is -0.462 e. The first kappa shape index (κ1) is 27.6. The Morgan fingerprint density at radius 3 is 2.38 bits per heavy atom. The van der Waals surface area contributed by atoms with Gasteiger partial charge in [-0.05, 0) is 48.9 Å². The zero-order valence-electron chi connectivity index (χ0n) is 21.2. The van der Waals surface area contributed by atoms with Crippen molar-refractivity contribution in [3.63, 3.8) is 0 Å². The van der Waals surface area contributed by atoms with E-state index in [4.69, 9.17) is 28.6 Å². The number of ether oxygens (including phenoxy) is 1. The van der Waals surface area contributed by atoms with E-state index in [1.165, 1.54) is 9.80 Å². The van der Waals surface area contributed by atoms with Gasteiger partial charge in [-0.3, -0.25) is 24.2 Å². The summed E-state index contributed by atoms with van der Waals surface area (Å²) in [5, 5.41) is 3.26. The smallest absolute Gasteiger partial charge is 0.338 e. The van der Waals surface area contributed by atoms with Gasteiger partial charge in [-0.1, -0.05) is 72.0 Å². The molecule has 1 fully saturated rings. The van der Waals surface area contributed by atoms with Gasteiger partial charge < -0.3 is 10.1 Å². The monoisotopic (exact) mass is 591 g/mol. The van der Waals surface area contributed by atoms with E-state index in [-0.39, 0.29) is 36.1 Å². The first-order chi connectivity index (χ1) is 19.3.